The molecule has 10 heteroatoms. The van der Waals surface area contributed by atoms with Gasteiger partial charge in [0.1, 0.15) is 17.8 Å². The van der Waals surface area contributed by atoms with Crippen LogP contribution in [0.1, 0.15) is 24.0 Å². The van der Waals surface area contributed by atoms with Crippen molar-refractivity contribution >= 4 is 11.9 Å². The topological polar surface area (TPSA) is 88.6 Å². The highest BCUT2D eigenvalue weighted by Crippen LogP contribution is 2.20. The summed E-state index contributed by atoms with van der Waals surface area (Å²) in [5.41, 5.74) is 3.36. The van der Waals surface area contributed by atoms with E-state index in [-0.39, 0.29) is 23.8 Å². The number of hydrogen-bond acceptors (Lipinski definition) is 7. The summed E-state index contributed by atoms with van der Waals surface area (Å²) in [4.78, 5) is 32.8. The second-order valence-corrected chi connectivity index (χ2v) is 9.59. The molecule has 0 saturated carbocycles. The van der Waals surface area contributed by atoms with Crippen LogP contribution in [0, 0.1) is 11.6 Å². The molecule has 8 nitrogen and oxygen atoms in total. The van der Waals surface area contributed by atoms with Crippen molar-refractivity contribution in [1.82, 2.24) is 24.6 Å². The van der Waals surface area contributed by atoms with Crippen molar-refractivity contribution in [3.63, 3.8) is 0 Å². The summed E-state index contributed by atoms with van der Waals surface area (Å²) in [6, 6.07) is 13.4. The second kappa shape index (κ2) is 11.5. The highest BCUT2D eigenvalue weighted by atomic mass is 19.1. The molecule has 0 radical (unpaired) electrons. The van der Waals surface area contributed by atoms with Crippen molar-refractivity contribution < 1.29 is 8.78 Å². The first kappa shape index (κ1) is 26.2. The third-order valence-electron chi connectivity index (χ3n) is 6.21. The van der Waals surface area contributed by atoms with Gasteiger partial charge in [-0.25, -0.2) is 23.4 Å². The van der Waals surface area contributed by atoms with Gasteiger partial charge in [0.2, 0.25) is 0 Å². The second-order valence-electron chi connectivity index (χ2n) is 9.59. The molecule has 39 heavy (non-hydrogen) atoms. The molecule has 0 N–H and O–H groups in total. The SMILES string of the molecule is CN(C)CCCC1N=CC(c2cnc(-c3cccc(Cn4nc(-c5cc(F)cc(F)c5)ccc4=O)c3)nc2)=N1. The van der Waals surface area contributed by atoms with Crippen LogP contribution in [0.2, 0.25) is 0 Å². The standard InChI is InChI=1S/C29H27F2N7O/c1-37(2)10-4-7-27-32-17-26(35-27)22-15-33-29(34-16-22)20-6-3-5-19(11-20)18-38-28(39)9-8-25(36-38)21-12-23(30)14-24(31)13-21/h3,5-6,8-9,11-17,27H,4,7,10,18H2,1-2H3. The Balaban J connectivity index is 1.31. The van der Waals surface area contributed by atoms with Gasteiger partial charge in [-0.1, -0.05) is 18.2 Å². The van der Waals surface area contributed by atoms with Gasteiger partial charge < -0.3 is 4.90 Å². The molecule has 4 aromatic rings. The first-order chi connectivity index (χ1) is 18.8. The van der Waals surface area contributed by atoms with Gasteiger partial charge in [0.25, 0.3) is 5.56 Å². The maximum atomic E-state index is 13.7. The molecule has 3 heterocycles. The Morgan fingerprint density at radius 2 is 1.69 bits per heavy atom. The van der Waals surface area contributed by atoms with E-state index in [1.165, 1.54) is 28.9 Å². The molecule has 1 unspecified atom stereocenters. The molecule has 0 spiro atoms. The van der Waals surface area contributed by atoms with Gasteiger partial charge in [0.15, 0.2) is 5.82 Å². The van der Waals surface area contributed by atoms with Crippen LogP contribution >= 0.6 is 0 Å². The monoisotopic (exact) mass is 527 g/mol. The van der Waals surface area contributed by atoms with Crippen LogP contribution in [0.3, 0.4) is 0 Å². The predicted octanol–water partition coefficient (Wildman–Crippen LogP) is 4.24. The summed E-state index contributed by atoms with van der Waals surface area (Å²) in [7, 11) is 4.10. The normalized spacial score (nSPS) is 14.7. The van der Waals surface area contributed by atoms with Gasteiger partial charge in [-0.05, 0) is 63.3 Å². The van der Waals surface area contributed by atoms with E-state index < -0.39 is 11.6 Å². The van der Waals surface area contributed by atoms with E-state index in [1.807, 2.05) is 38.4 Å². The van der Waals surface area contributed by atoms with Crippen LogP contribution in [0.4, 0.5) is 8.78 Å². The van der Waals surface area contributed by atoms with Gasteiger partial charge >= 0.3 is 0 Å². The fourth-order valence-electron chi connectivity index (χ4n) is 4.27. The van der Waals surface area contributed by atoms with Crippen molar-refractivity contribution in [2.45, 2.75) is 25.6 Å². The minimum atomic E-state index is -0.713. The Kier molecular flexibility index (Phi) is 7.74. The first-order valence-electron chi connectivity index (χ1n) is 12.6. The van der Waals surface area contributed by atoms with Crippen LogP contribution < -0.4 is 5.56 Å². The van der Waals surface area contributed by atoms with E-state index in [0.717, 1.165) is 47.9 Å². The van der Waals surface area contributed by atoms with Crippen LogP contribution in [-0.2, 0) is 6.54 Å². The zero-order valence-electron chi connectivity index (χ0n) is 21.6. The van der Waals surface area contributed by atoms with E-state index >= 15 is 0 Å². The molecule has 198 valence electrons. The number of rotatable bonds is 9. The van der Waals surface area contributed by atoms with Crippen LogP contribution in [0.25, 0.3) is 22.6 Å². The molecule has 0 bridgehead atoms. The minimum Gasteiger partial charge on any atom is -0.309 e. The smallest absolute Gasteiger partial charge is 0.267 e. The van der Waals surface area contributed by atoms with Crippen molar-refractivity contribution in [1.29, 1.82) is 0 Å². The quantitative estimate of drug-likeness (QED) is 0.325. The first-order valence-corrected chi connectivity index (χ1v) is 12.6. The van der Waals surface area contributed by atoms with Crippen molar-refractivity contribution in [3.05, 3.63) is 100 Å². The lowest BCUT2D eigenvalue weighted by Crippen LogP contribution is -2.22. The highest BCUT2D eigenvalue weighted by molar-refractivity contribution is 6.39. The molecule has 1 aliphatic heterocycles. The summed E-state index contributed by atoms with van der Waals surface area (Å²) in [6.45, 7) is 1.16. The number of halogens is 2. The maximum absolute atomic E-state index is 13.7. The molecule has 5 rings (SSSR count). The Morgan fingerprint density at radius 1 is 0.923 bits per heavy atom. The Morgan fingerprint density at radius 3 is 2.44 bits per heavy atom. The molecule has 0 amide bonds. The molecular weight excluding hydrogens is 500 g/mol. The average Bonchev–Trinajstić information content (AvgIpc) is 3.38. The Bertz CT molecular complexity index is 1580. The van der Waals surface area contributed by atoms with Crippen molar-refractivity contribution in [2.75, 3.05) is 20.6 Å². The fourth-order valence-corrected chi connectivity index (χ4v) is 4.27. The van der Waals surface area contributed by atoms with Crippen LogP contribution in [0.5, 0.6) is 0 Å². The summed E-state index contributed by atoms with van der Waals surface area (Å²) in [5.74, 6) is -0.895. The van der Waals surface area contributed by atoms with Gasteiger partial charge in [-0.3, -0.25) is 14.8 Å². The van der Waals surface area contributed by atoms with E-state index in [1.54, 1.807) is 18.6 Å². The highest BCUT2D eigenvalue weighted by Gasteiger charge is 2.15. The summed E-state index contributed by atoms with van der Waals surface area (Å²) < 4.78 is 28.6. The third kappa shape index (κ3) is 6.53. The molecule has 0 aliphatic carbocycles. The number of benzene rings is 2. The van der Waals surface area contributed by atoms with Gasteiger partial charge in [0, 0.05) is 47.4 Å². The fraction of sp³-hybridized carbons (Fsp3) is 0.241. The summed E-state index contributed by atoms with van der Waals surface area (Å²) >= 11 is 0. The van der Waals surface area contributed by atoms with Crippen LogP contribution in [0.15, 0.2) is 81.8 Å². The Labute approximate surface area is 224 Å². The molecule has 1 atom stereocenters. The maximum Gasteiger partial charge on any atom is 0.267 e. The lowest BCUT2D eigenvalue weighted by molar-refractivity contribution is 0.387. The van der Waals surface area contributed by atoms with Gasteiger partial charge in [0.05, 0.1) is 18.0 Å². The van der Waals surface area contributed by atoms with Gasteiger partial charge in [-0.2, -0.15) is 5.10 Å². The zero-order valence-corrected chi connectivity index (χ0v) is 21.6. The van der Waals surface area contributed by atoms with Crippen molar-refractivity contribution in [2.24, 2.45) is 9.98 Å². The lowest BCUT2D eigenvalue weighted by atomic mass is 10.1. The van der Waals surface area contributed by atoms with E-state index in [0.29, 0.717) is 11.5 Å². The zero-order chi connectivity index (χ0) is 27.4. The average molecular weight is 528 g/mol. The molecule has 2 aromatic heterocycles. The van der Waals surface area contributed by atoms with E-state index in [2.05, 4.69) is 30.0 Å². The third-order valence-corrected chi connectivity index (χ3v) is 6.21. The van der Waals surface area contributed by atoms with Gasteiger partial charge in [-0.15, -0.1) is 0 Å². The molecule has 2 aromatic carbocycles. The molecule has 1 aliphatic rings. The number of nitrogens with zero attached hydrogens (tertiary/aromatic N) is 7. The molecular formula is C29H27F2N7O. The largest absolute Gasteiger partial charge is 0.309 e. The number of aromatic nitrogens is 4. The van der Waals surface area contributed by atoms with Crippen LogP contribution in [-0.4, -0.2) is 63.4 Å². The summed E-state index contributed by atoms with van der Waals surface area (Å²) in [5, 5.41) is 4.32. The predicted molar refractivity (Wildman–Crippen MR) is 147 cm³/mol. The Hall–Kier alpha value is -4.44. The van der Waals surface area contributed by atoms with E-state index in [4.69, 9.17) is 0 Å². The minimum absolute atomic E-state index is 0.0632. The van der Waals surface area contributed by atoms with Crippen molar-refractivity contribution in [3.8, 4) is 22.6 Å². The summed E-state index contributed by atoms with van der Waals surface area (Å²) in [6.07, 6.45) is 7.09. The number of hydrogen-bond donors (Lipinski definition) is 0. The molecule has 0 fully saturated rings. The number of aliphatic imine (C=N–C) groups is 2. The van der Waals surface area contributed by atoms with E-state index in [9.17, 15) is 13.6 Å². The lowest BCUT2D eigenvalue weighted by Gasteiger charge is -2.10. The molecule has 0 saturated heterocycles.